The summed E-state index contributed by atoms with van der Waals surface area (Å²) in [6, 6.07) is 8.36. The van der Waals surface area contributed by atoms with Crippen LogP contribution in [0.3, 0.4) is 0 Å². The van der Waals surface area contributed by atoms with E-state index in [0.29, 0.717) is 16.5 Å². The number of aromatic carboxylic acids is 1. The second kappa shape index (κ2) is 5.16. The van der Waals surface area contributed by atoms with Crippen molar-refractivity contribution < 1.29 is 9.90 Å². The SMILES string of the molecule is O=C(O)c1cc(Nc2cccc(Cl)c2)n[nH]c1=S. The standard InChI is InChI=1S/C11H8ClN3O2S/c12-6-2-1-3-7(4-6)13-9-5-8(11(16)17)10(18)15-14-9/h1-5H,(H,13,14)(H,15,18)(H,16,17). The van der Waals surface area contributed by atoms with Crippen LogP contribution in [0, 0.1) is 4.64 Å². The van der Waals surface area contributed by atoms with Crippen LogP contribution in [0.4, 0.5) is 11.5 Å². The number of carboxylic acid groups (broad SMARTS) is 1. The molecule has 0 spiro atoms. The minimum Gasteiger partial charge on any atom is -0.478 e. The molecule has 0 aliphatic carbocycles. The topological polar surface area (TPSA) is 78.0 Å². The van der Waals surface area contributed by atoms with Gasteiger partial charge in [0.05, 0.1) is 5.56 Å². The first-order chi connectivity index (χ1) is 8.56. The third-order valence-electron chi connectivity index (χ3n) is 2.13. The summed E-state index contributed by atoms with van der Waals surface area (Å²) in [6.07, 6.45) is 0. The normalized spacial score (nSPS) is 10.1. The van der Waals surface area contributed by atoms with Gasteiger partial charge in [0.25, 0.3) is 0 Å². The van der Waals surface area contributed by atoms with E-state index in [1.807, 2.05) is 0 Å². The molecule has 2 rings (SSSR count). The molecule has 0 saturated heterocycles. The number of H-pyrrole nitrogens is 1. The van der Waals surface area contributed by atoms with E-state index in [4.69, 9.17) is 28.9 Å². The summed E-state index contributed by atoms with van der Waals surface area (Å²) in [4.78, 5) is 10.9. The smallest absolute Gasteiger partial charge is 0.338 e. The monoisotopic (exact) mass is 281 g/mol. The molecule has 18 heavy (non-hydrogen) atoms. The molecule has 0 aliphatic rings. The van der Waals surface area contributed by atoms with Crippen LogP contribution < -0.4 is 5.32 Å². The van der Waals surface area contributed by atoms with Crippen LogP contribution in [0.2, 0.25) is 5.02 Å². The Hall–Kier alpha value is -1.92. The van der Waals surface area contributed by atoms with E-state index in [9.17, 15) is 4.79 Å². The predicted octanol–water partition coefficient (Wildman–Crippen LogP) is 3.23. The Bertz CT molecular complexity index is 657. The van der Waals surface area contributed by atoms with Crippen molar-refractivity contribution in [2.75, 3.05) is 5.32 Å². The number of nitrogens with one attached hydrogen (secondary N) is 2. The van der Waals surface area contributed by atoms with Crippen molar-refractivity contribution in [3.8, 4) is 0 Å². The highest BCUT2D eigenvalue weighted by atomic mass is 35.5. The maximum absolute atomic E-state index is 10.9. The molecule has 5 nitrogen and oxygen atoms in total. The number of aromatic nitrogens is 2. The molecule has 0 saturated carbocycles. The highest BCUT2D eigenvalue weighted by molar-refractivity contribution is 7.71. The highest BCUT2D eigenvalue weighted by Crippen LogP contribution is 2.19. The molecule has 3 N–H and O–H groups in total. The lowest BCUT2D eigenvalue weighted by Crippen LogP contribution is -2.03. The van der Waals surface area contributed by atoms with Crippen LogP contribution in [0.15, 0.2) is 30.3 Å². The Labute approximate surface area is 112 Å². The third-order valence-corrected chi connectivity index (χ3v) is 2.68. The molecule has 0 aliphatic heterocycles. The van der Waals surface area contributed by atoms with Crippen LogP contribution in [0.25, 0.3) is 0 Å². The zero-order chi connectivity index (χ0) is 13.1. The van der Waals surface area contributed by atoms with E-state index in [0.717, 1.165) is 0 Å². The molecule has 0 bridgehead atoms. The van der Waals surface area contributed by atoms with Gasteiger partial charge in [-0.05, 0) is 18.2 Å². The number of hydrogen-bond acceptors (Lipinski definition) is 4. The fraction of sp³-hybridized carbons (Fsp3) is 0. The van der Waals surface area contributed by atoms with Gasteiger partial charge in [-0.15, -0.1) is 0 Å². The van der Waals surface area contributed by atoms with Crippen molar-refractivity contribution >= 4 is 41.3 Å². The van der Waals surface area contributed by atoms with Gasteiger partial charge in [0, 0.05) is 16.8 Å². The fourth-order valence-corrected chi connectivity index (χ4v) is 1.72. The molecule has 0 fully saturated rings. The van der Waals surface area contributed by atoms with Crippen LogP contribution in [-0.2, 0) is 0 Å². The van der Waals surface area contributed by atoms with Gasteiger partial charge >= 0.3 is 5.97 Å². The van der Waals surface area contributed by atoms with Crippen LogP contribution in [0.5, 0.6) is 0 Å². The van der Waals surface area contributed by atoms with E-state index in [1.165, 1.54) is 6.07 Å². The zero-order valence-electron chi connectivity index (χ0n) is 8.98. The van der Waals surface area contributed by atoms with Crippen LogP contribution in [0.1, 0.15) is 10.4 Å². The summed E-state index contributed by atoms with van der Waals surface area (Å²) in [5.41, 5.74) is 0.696. The Morgan fingerprint density at radius 2 is 2.22 bits per heavy atom. The summed E-state index contributed by atoms with van der Waals surface area (Å²) < 4.78 is 0.0825. The van der Waals surface area contributed by atoms with E-state index >= 15 is 0 Å². The second-order valence-electron chi connectivity index (χ2n) is 3.44. The minimum atomic E-state index is -1.10. The average Bonchev–Trinajstić information content (AvgIpc) is 2.31. The quantitative estimate of drug-likeness (QED) is 0.753. The molecule has 1 aromatic carbocycles. The zero-order valence-corrected chi connectivity index (χ0v) is 10.5. The molecule has 7 heteroatoms. The Morgan fingerprint density at radius 3 is 2.89 bits per heavy atom. The predicted molar refractivity (Wildman–Crippen MR) is 71.1 cm³/mol. The van der Waals surface area contributed by atoms with Crippen LogP contribution >= 0.6 is 23.8 Å². The number of nitrogens with zero attached hydrogens (tertiary/aromatic N) is 1. The minimum absolute atomic E-state index is 0.00970. The van der Waals surface area contributed by atoms with Gasteiger partial charge in [-0.1, -0.05) is 29.9 Å². The molecule has 0 unspecified atom stereocenters. The Morgan fingerprint density at radius 1 is 1.44 bits per heavy atom. The van der Waals surface area contributed by atoms with Gasteiger partial charge in [-0.2, -0.15) is 5.10 Å². The number of anilines is 2. The first-order valence-corrected chi connectivity index (χ1v) is 5.70. The van der Waals surface area contributed by atoms with E-state index in [-0.39, 0.29) is 10.2 Å². The lowest BCUT2D eigenvalue weighted by atomic mass is 10.3. The lowest BCUT2D eigenvalue weighted by molar-refractivity contribution is 0.0695. The van der Waals surface area contributed by atoms with Crippen molar-refractivity contribution in [3.63, 3.8) is 0 Å². The van der Waals surface area contributed by atoms with E-state index < -0.39 is 5.97 Å². The van der Waals surface area contributed by atoms with Gasteiger partial charge in [0.15, 0.2) is 5.82 Å². The van der Waals surface area contributed by atoms with Crippen molar-refractivity contribution in [3.05, 3.63) is 45.6 Å². The second-order valence-corrected chi connectivity index (χ2v) is 4.28. The van der Waals surface area contributed by atoms with Gasteiger partial charge in [-0.25, -0.2) is 4.79 Å². The number of halogens is 1. The molecular formula is C11H8ClN3O2S. The maximum Gasteiger partial charge on any atom is 0.338 e. The Kier molecular flexibility index (Phi) is 3.59. The van der Waals surface area contributed by atoms with Crippen molar-refractivity contribution in [1.29, 1.82) is 0 Å². The number of carboxylic acids is 1. The van der Waals surface area contributed by atoms with Gasteiger partial charge < -0.3 is 10.4 Å². The lowest BCUT2D eigenvalue weighted by Gasteiger charge is -2.06. The van der Waals surface area contributed by atoms with E-state index in [1.54, 1.807) is 24.3 Å². The molecule has 1 aromatic heterocycles. The first-order valence-electron chi connectivity index (χ1n) is 4.92. The molecule has 0 amide bonds. The molecule has 0 radical (unpaired) electrons. The summed E-state index contributed by atoms with van der Waals surface area (Å²) in [5.74, 6) is -0.754. The number of aromatic amines is 1. The third kappa shape index (κ3) is 2.85. The summed E-state index contributed by atoms with van der Waals surface area (Å²) in [6.45, 7) is 0. The van der Waals surface area contributed by atoms with Gasteiger partial charge in [0.1, 0.15) is 4.64 Å². The Balaban J connectivity index is 2.33. The van der Waals surface area contributed by atoms with Gasteiger partial charge in [0.2, 0.25) is 0 Å². The van der Waals surface area contributed by atoms with Crippen molar-refractivity contribution in [1.82, 2.24) is 10.2 Å². The number of hydrogen-bond donors (Lipinski definition) is 3. The van der Waals surface area contributed by atoms with Gasteiger partial charge in [-0.3, -0.25) is 5.10 Å². The molecular weight excluding hydrogens is 274 g/mol. The molecule has 2 aromatic rings. The van der Waals surface area contributed by atoms with E-state index in [2.05, 4.69) is 15.5 Å². The summed E-state index contributed by atoms with van der Waals surface area (Å²) in [5, 5.41) is 18.8. The summed E-state index contributed by atoms with van der Waals surface area (Å²) in [7, 11) is 0. The van der Waals surface area contributed by atoms with Crippen molar-refractivity contribution in [2.24, 2.45) is 0 Å². The van der Waals surface area contributed by atoms with Crippen LogP contribution in [-0.4, -0.2) is 21.3 Å². The average molecular weight is 282 g/mol. The number of rotatable bonds is 3. The highest BCUT2D eigenvalue weighted by Gasteiger charge is 2.08. The largest absolute Gasteiger partial charge is 0.478 e. The van der Waals surface area contributed by atoms with Crippen molar-refractivity contribution in [2.45, 2.75) is 0 Å². The first kappa shape index (κ1) is 12.5. The molecule has 0 atom stereocenters. The number of benzene rings is 1. The summed E-state index contributed by atoms with van der Waals surface area (Å²) >= 11 is 10.7. The molecule has 92 valence electrons. The molecule has 1 heterocycles. The number of carbonyl (C=O) groups is 1. The maximum atomic E-state index is 10.9. The fourth-order valence-electron chi connectivity index (χ4n) is 1.34.